The molecule has 0 aliphatic rings. The van der Waals surface area contributed by atoms with Crippen LogP contribution in [0.25, 0.3) is 10.8 Å². The molecule has 0 spiro atoms. The molecule has 0 aliphatic heterocycles. The lowest BCUT2D eigenvalue weighted by Gasteiger charge is -2.29. The van der Waals surface area contributed by atoms with Crippen molar-refractivity contribution in [2.45, 2.75) is 25.1 Å². The molecule has 3 aromatic rings. The van der Waals surface area contributed by atoms with Gasteiger partial charge < -0.3 is 20.1 Å². The molecule has 1 aromatic heterocycles. The van der Waals surface area contributed by atoms with Crippen LogP contribution in [0, 0.1) is 11.6 Å². The van der Waals surface area contributed by atoms with Gasteiger partial charge in [0.05, 0.1) is 23.8 Å². The third-order valence-electron chi connectivity index (χ3n) is 5.60. The molecule has 12 nitrogen and oxygen atoms in total. The summed E-state index contributed by atoms with van der Waals surface area (Å²) in [5.74, 6) is -1.10. The molecule has 0 saturated heterocycles. The van der Waals surface area contributed by atoms with Crippen molar-refractivity contribution in [1.29, 1.82) is 0 Å². The number of aromatic nitrogens is 1. The second-order valence-electron chi connectivity index (χ2n) is 8.52. The number of carbonyl (C=O) groups is 2. The molecule has 16 heteroatoms. The average Bonchev–Trinajstić information content (AvgIpc) is 2.89. The standard InChI is InChI=1S/C24H25ClF2N4O8S/c1-31(23(33)29-11-15-3-2-4-20(27)22(15)25)18(9-19(32)13-39-40(35,36)37)12-38-24(34)30-21-8-16-7-17(26)6-5-14(16)10-28-21/h2-8,10,18-19,32H,9,11-13H2,1H3,(H,29,33)(H,28,30,34)(H,35,36,37)/t18-,19?/m0/s1. The number of fused-ring (bicyclic) bond motifs is 1. The van der Waals surface area contributed by atoms with Crippen LogP contribution in [0.2, 0.25) is 5.02 Å². The van der Waals surface area contributed by atoms with Gasteiger partial charge in [-0.1, -0.05) is 23.7 Å². The van der Waals surface area contributed by atoms with Crippen LogP contribution in [0.1, 0.15) is 12.0 Å². The second kappa shape index (κ2) is 13.6. The lowest BCUT2D eigenvalue weighted by atomic mass is 10.1. The van der Waals surface area contributed by atoms with Crippen LogP contribution in [0.5, 0.6) is 0 Å². The van der Waals surface area contributed by atoms with E-state index in [4.69, 9.17) is 20.9 Å². The molecule has 0 aliphatic carbocycles. The number of pyridine rings is 1. The zero-order valence-corrected chi connectivity index (χ0v) is 22.5. The van der Waals surface area contributed by atoms with Crippen molar-refractivity contribution in [2.24, 2.45) is 0 Å². The van der Waals surface area contributed by atoms with Gasteiger partial charge in [0.2, 0.25) is 0 Å². The molecule has 40 heavy (non-hydrogen) atoms. The van der Waals surface area contributed by atoms with Crippen molar-refractivity contribution >= 4 is 50.7 Å². The number of likely N-dealkylation sites (N-methyl/N-ethyl adjacent to an activating group) is 1. The van der Waals surface area contributed by atoms with E-state index in [2.05, 4.69) is 19.8 Å². The van der Waals surface area contributed by atoms with E-state index < -0.39 is 59.5 Å². The molecular formula is C24H25ClF2N4O8S. The molecule has 216 valence electrons. The summed E-state index contributed by atoms with van der Waals surface area (Å²) in [6.07, 6.45) is -1.43. The molecule has 2 aromatic carbocycles. The lowest BCUT2D eigenvalue weighted by Crippen LogP contribution is -2.47. The summed E-state index contributed by atoms with van der Waals surface area (Å²) in [7, 11) is -3.53. The minimum absolute atomic E-state index is 0.0549. The Morgan fingerprint density at radius 3 is 2.62 bits per heavy atom. The Morgan fingerprint density at radius 2 is 1.90 bits per heavy atom. The van der Waals surface area contributed by atoms with Gasteiger partial charge in [-0.05, 0) is 47.7 Å². The third kappa shape index (κ3) is 9.24. The van der Waals surface area contributed by atoms with Gasteiger partial charge in [-0.25, -0.2) is 27.5 Å². The van der Waals surface area contributed by atoms with Crippen LogP contribution < -0.4 is 10.6 Å². The number of benzene rings is 2. The van der Waals surface area contributed by atoms with Gasteiger partial charge in [0.1, 0.15) is 24.1 Å². The van der Waals surface area contributed by atoms with Crippen molar-refractivity contribution in [3.05, 3.63) is 70.9 Å². The molecule has 3 rings (SSSR count). The molecule has 4 N–H and O–H groups in total. The molecule has 1 heterocycles. The summed E-state index contributed by atoms with van der Waals surface area (Å²) in [5, 5.41) is 16.0. The zero-order chi connectivity index (χ0) is 29.4. The Labute approximate surface area is 232 Å². The number of halogens is 3. The van der Waals surface area contributed by atoms with Gasteiger partial charge in [0, 0.05) is 25.2 Å². The van der Waals surface area contributed by atoms with Gasteiger partial charge in [-0.2, -0.15) is 8.42 Å². The summed E-state index contributed by atoms with van der Waals surface area (Å²) in [4.78, 5) is 30.3. The van der Waals surface area contributed by atoms with E-state index >= 15 is 0 Å². The van der Waals surface area contributed by atoms with E-state index in [0.717, 1.165) is 11.0 Å². The highest BCUT2D eigenvalue weighted by Crippen LogP contribution is 2.20. The summed E-state index contributed by atoms with van der Waals surface area (Å²) in [6, 6.07) is 7.76. The van der Waals surface area contributed by atoms with Gasteiger partial charge in [0.25, 0.3) is 0 Å². The molecule has 3 amide bonds. The molecule has 0 bridgehead atoms. The van der Waals surface area contributed by atoms with Gasteiger partial charge in [0.15, 0.2) is 0 Å². The van der Waals surface area contributed by atoms with E-state index in [9.17, 15) is 31.9 Å². The molecule has 2 atom stereocenters. The third-order valence-corrected chi connectivity index (χ3v) is 6.46. The number of amides is 3. The van der Waals surface area contributed by atoms with Gasteiger partial charge in [-0.15, -0.1) is 0 Å². The number of nitrogens with zero attached hydrogens (tertiary/aromatic N) is 2. The zero-order valence-electron chi connectivity index (χ0n) is 20.9. The molecule has 1 unspecified atom stereocenters. The maximum Gasteiger partial charge on any atom is 0.412 e. The number of carbonyl (C=O) groups excluding carboxylic acids is 2. The quantitative estimate of drug-likeness (QED) is 0.240. The second-order valence-corrected chi connectivity index (χ2v) is 9.99. The molecule has 0 fully saturated rings. The van der Waals surface area contributed by atoms with Gasteiger partial charge in [-0.3, -0.25) is 9.87 Å². The van der Waals surface area contributed by atoms with Crippen molar-refractivity contribution in [1.82, 2.24) is 15.2 Å². The maximum atomic E-state index is 13.7. The predicted molar refractivity (Wildman–Crippen MR) is 140 cm³/mol. The predicted octanol–water partition coefficient (Wildman–Crippen LogP) is 3.50. The topological polar surface area (TPSA) is 167 Å². The average molecular weight is 603 g/mol. The number of aliphatic hydroxyl groups excluding tert-OH is 1. The first-order valence-electron chi connectivity index (χ1n) is 11.5. The number of urea groups is 1. The van der Waals surface area contributed by atoms with Crippen LogP contribution >= 0.6 is 11.6 Å². The summed E-state index contributed by atoms with van der Waals surface area (Å²) < 4.78 is 67.0. The number of nitrogens with one attached hydrogen (secondary N) is 2. The summed E-state index contributed by atoms with van der Waals surface area (Å²) in [6.45, 7) is -1.48. The Morgan fingerprint density at radius 1 is 1.15 bits per heavy atom. The van der Waals surface area contributed by atoms with E-state index in [1.54, 1.807) is 0 Å². The summed E-state index contributed by atoms with van der Waals surface area (Å²) in [5.41, 5.74) is 0.292. The molecular weight excluding hydrogens is 578 g/mol. The van der Waals surface area contributed by atoms with E-state index in [0.29, 0.717) is 16.3 Å². The molecule has 0 radical (unpaired) electrons. The van der Waals surface area contributed by atoms with E-state index in [1.165, 1.54) is 49.6 Å². The van der Waals surface area contributed by atoms with Crippen LogP contribution in [-0.2, 0) is 25.9 Å². The fourth-order valence-corrected chi connectivity index (χ4v) is 4.05. The maximum absolute atomic E-state index is 13.7. The highest BCUT2D eigenvalue weighted by molar-refractivity contribution is 7.80. The fourth-order valence-electron chi connectivity index (χ4n) is 3.52. The Bertz CT molecular complexity index is 1480. The van der Waals surface area contributed by atoms with Gasteiger partial charge >= 0.3 is 22.5 Å². The first-order valence-corrected chi connectivity index (χ1v) is 13.3. The highest BCUT2D eigenvalue weighted by atomic mass is 35.5. The fraction of sp³-hybridized carbons (Fsp3) is 0.292. The Hall–Kier alpha value is -3.63. The number of hydrogen-bond acceptors (Lipinski definition) is 8. The Balaban J connectivity index is 1.66. The van der Waals surface area contributed by atoms with Crippen LogP contribution in [0.4, 0.5) is 24.2 Å². The van der Waals surface area contributed by atoms with Crippen molar-refractivity contribution in [2.75, 3.05) is 25.6 Å². The Kier molecular flexibility index (Phi) is 10.5. The number of ether oxygens (including phenoxy) is 1. The van der Waals surface area contributed by atoms with Crippen molar-refractivity contribution < 1.29 is 45.4 Å². The van der Waals surface area contributed by atoms with Crippen molar-refractivity contribution in [3.8, 4) is 0 Å². The minimum Gasteiger partial charge on any atom is -0.447 e. The smallest absolute Gasteiger partial charge is 0.412 e. The first kappa shape index (κ1) is 30.9. The van der Waals surface area contributed by atoms with Crippen LogP contribution in [-0.4, -0.2) is 72.5 Å². The van der Waals surface area contributed by atoms with Crippen LogP contribution in [0.15, 0.2) is 48.7 Å². The SMILES string of the molecule is CN(C(=O)NCc1cccc(F)c1Cl)[C@H](COC(=O)Nc1cc2cc(F)ccc2cn1)CC(O)COS(=O)(=O)O. The normalized spacial score (nSPS) is 12.9. The summed E-state index contributed by atoms with van der Waals surface area (Å²) >= 11 is 5.91. The first-order chi connectivity index (χ1) is 18.8. The number of aliphatic hydroxyl groups is 1. The van der Waals surface area contributed by atoms with Crippen LogP contribution in [0.3, 0.4) is 0 Å². The number of hydrogen-bond donors (Lipinski definition) is 4. The van der Waals surface area contributed by atoms with Crippen molar-refractivity contribution in [3.63, 3.8) is 0 Å². The monoisotopic (exact) mass is 602 g/mol. The largest absolute Gasteiger partial charge is 0.447 e. The van der Waals surface area contributed by atoms with E-state index in [-0.39, 0.29) is 23.8 Å². The van der Waals surface area contributed by atoms with E-state index in [1.807, 2.05) is 0 Å². The highest BCUT2D eigenvalue weighted by Gasteiger charge is 2.26. The lowest BCUT2D eigenvalue weighted by molar-refractivity contribution is 0.0530. The minimum atomic E-state index is -4.84. The molecule has 0 saturated carbocycles. The number of rotatable bonds is 11. The number of anilines is 1.